The van der Waals surface area contributed by atoms with Crippen molar-refractivity contribution in [3.8, 4) is 17.9 Å². The third-order valence-electron chi connectivity index (χ3n) is 8.00. The quantitative estimate of drug-likeness (QED) is 0.107. The van der Waals surface area contributed by atoms with Crippen LogP contribution in [0.1, 0.15) is 36.1 Å². The summed E-state index contributed by atoms with van der Waals surface area (Å²) in [5, 5.41) is 33.4. The summed E-state index contributed by atoms with van der Waals surface area (Å²) in [6.45, 7) is 0.466. The molecule has 3 heterocycles. The van der Waals surface area contributed by atoms with Crippen LogP contribution in [0.25, 0.3) is 5.65 Å². The Labute approximate surface area is 298 Å². The first-order chi connectivity index (χ1) is 24.4. The van der Waals surface area contributed by atoms with E-state index in [0.29, 0.717) is 41.4 Å². The minimum Gasteiger partial charge on any atom is -0.458 e. The van der Waals surface area contributed by atoms with E-state index in [9.17, 15) is 29.9 Å². The largest absolute Gasteiger partial charge is 0.458 e. The molecule has 17 nitrogen and oxygen atoms in total. The smallest absolute Gasteiger partial charge is 0.407 e. The van der Waals surface area contributed by atoms with Crippen LogP contribution in [0.3, 0.4) is 0 Å². The fraction of sp³-hybridized carbons (Fsp3) is 0.323. The molecule has 2 aliphatic rings. The van der Waals surface area contributed by atoms with Crippen LogP contribution in [-0.2, 0) is 20.7 Å². The molecule has 20 heteroatoms. The fourth-order valence-electron chi connectivity index (χ4n) is 5.47. The average molecular weight is 753 g/mol. The zero-order valence-corrected chi connectivity index (χ0v) is 29.6. The number of piperidine rings is 1. The molecule has 5 N–H and O–H groups in total. The first kappa shape index (κ1) is 35.7. The first-order valence-corrected chi connectivity index (χ1v) is 18.9. The fourth-order valence-corrected chi connectivity index (χ4v) is 6.47. The van der Waals surface area contributed by atoms with Gasteiger partial charge in [-0.3, -0.25) is 4.79 Å². The summed E-state index contributed by atoms with van der Waals surface area (Å²) < 4.78 is 17.1. The Hall–Kier alpha value is -5.15. The lowest BCUT2D eigenvalue weighted by Gasteiger charge is -2.39. The summed E-state index contributed by atoms with van der Waals surface area (Å²) in [5.41, 5.74) is 2.22. The van der Waals surface area contributed by atoms with Crippen LogP contribution >= 0.6 is 27.4 Å². The van der Waals surface area contributed by atoms with Gasteiger partial charge >= 0.3 is 19.3 Å². The average Bonchev–Trinajstić information content (AvgIpc) is 3.82. The van der Waals surface area contributed by atoms with Crippen molar-refractivity contribution < 1.29 is 33.4 Å². The topological polar surface area (TPSA) is 232 Å². The molecule has 2 aromatic carbocycles. The number of fused-ring (bicyclic) bond motifs is 1. The first-order valence-electron chi connectivity index (χ1n) is 15.5. The summed E-state index contributed by atoms with van der Waals surface area (Å²) in [5.74, 6) is 0.150. The SMILES string of the molecule is COC(=O)N[C@H]1CCN(c2cc(C#N)cc(Nc3nc(NC4CC4)c4ncc(C#N)n4n3)c2Cl)C[C@@H]1OC(=O)Cc1ccc(OP(O)(O)=P)cc1. The molecule has 1 aliphatic heterocycles. The van der Waals surface area contributed by atoms with Gasteiger partial charge in [0.15, 0.2) is 17.2 Å². The van der Waals surface area contributed by atoms with Gasteiger partial charge in [-0.15, -0.1) is 5.10 Å². The van der Waals surface area contributed by atoms with Gasteiger partial charge in [-0.2, -0.15) is 20.0 Å². The molecule has 4 aromatic rings. The lowest BCUT2D eigenvalue weighted by Crippen LogP contribution is -2.56. The maximum atomic E-state index is 13.2. The molecule has 1 aliphatic carbocycles. The maximum Gasteiger partial charge on any atom is 0.407 e. The standard InChI is InChI=1S/C31H31ClN10O7P2/c1-47-31(44)38-22-8-9-41(16-25(22)48-26(43)12-17-2-6-21(7-3-17)49-51(45,46)50)24-11-18(13-33)10-23(27(24)32)37-30-39-28(36-19-4-5-19)29-35-15-20(14-34)42(29)40-30/h2-3,6-7,10-11,15,19,22,25,45-46,50H,4-5,8-9,12,16H2,1H3,(H,38,44)(H2,36,37,39,40)/t22-,25-/m0/s1. The van der Waals surface area contributed by atoms with Crippen LogP contribution in [0.15, 0.2) is 42.6 Å². The van der Waals surface area contributed by atoms with Crippen LogP contribution in [0, 0.1) is 22.7 Å². The number of carbonyl (C=O) groups is 2. The number of nitrogens with zero attached hydrogens (tertiary/aromatic N) is 7. The van der Waals surface area contributed by atoms with E-state index in [1.54, 1.807) is 24.3 Å². The minimum atomic E-state index is -3.69. The maximum absolute atomic E-state index is 13.2. The number of halogens is 1. The number of amides is 1. The number of rotatable bonds is 11. The van der Waals surface area contributed by atoms with E-state index in [2.05, 4.69) is 51.7 Å². The molecule has 0 unspecified atom stereocenters. The molecule has 0 bridgehead atoms. The lowest BCUT2D eigenvalue weighted by molar-refractivity contribution is -0.149. The molecule has 1 saturated heterocycles. The van der Waals surface area contributed by atoms with E-state index < -0.39 is 31.4 Å². The van der Waals surface area contributed by atoms with Crippen molar-refractivity contribution in [3.63, 3.8) is 0 Å². The molecule has 51 heavy (non-hydrogen) atoms. The Morgan fingerprint density at radius 1 is 1.16 bits per heavy atom. The molecule has 2 atom stereocenters. The molecule has 2 aromatic heterocycles. The van der Waals surface area contributed by atoms with Gasteiger partial charge in [0.25, 0.3) is 0 Å². The molecule has 1 amide bonds. The van der Waals surface area contributed by atoms with E-state index in [1.165, 1.54) is 30.0 Å². The molecule has 0 spiro atoms. The number of hydrogen-bond donors (Lipinski definition) is 5. The second kappa shape index (κ2) is 15.0. The second-order valence-electron chi connectivity index (χ2n) is 11.7. The molecule has 1 saturated carbocycles. The monoisotopic (exact) mass is 752 g/mol. The number of nitrogens with one attached hydrogen (secondary N) is 3. The highest BCUT2D eigenvalue weighted by molar-refractivity contribution is 7.88. The zero-order chi connectivity index (χ0) is 36.3. The Balaban J connectivity index is 1.24. The predicted octanol–water partition coefficient (Wildman–Crippen LogP) is 4.11. The van der Waals surface area contributed by atoms with Crippen molar-refractivity contribution in [2.75, 3.05) is 35.7 Å². The van der Waals surface area contributed by atoms with Crippen LogP contribution in [0.4, 0.5) is 27.9 Å². The van der Waals surface area contributed by atoms with Gasteiger partial charge in [0.2, 0.25) is 5.95 Å². The molecular formula is C31H31ClN10O7P2. The van der Waals surface area contributed by atoms with Crippen molar-refractivity contribution in [1.82, 2.24) is 24.9 Å². The van der Waals surface area contributed by atoms with Crippen LogP contribution in [0.5, 0.6) is 5.75 Å². The highest BCUT2D eigenvalue weighted by atomic mass is 35.5. The number of carbonyl (C=O) groups excluding carboxylic acids is 2. The summed E-state index contributed by atoms with van der Waals surface area (Å²) >= 11 is 6.97. The van der Waals surface area contributed by atoms with Crippen LogP contribution < -0.4 is 25.4 Å². The van der Waals surface area contributed by atoms with Gasteiger partial charge in [0, 0.05) is 12.6 Å². The normalized spacial score (nSPS) is 17.2. The number of methoxy groups -OCH3 is 1. The lowest BCUT2D eigenvalue weighted by atomic mass is 10.00. The van der Waals surface area contributed by atoms with Gasteiger partial charge < -0.3 is 44.6 Å². The van der Waals surface area contributed by atoms with E-state index in [-0.39, 0.29) is 47.0 Å². The number of hydrogen-bond acceptors (Lipinski definition) is 13. The summed E-state index contributed by atoms with van der Waals surface area (Å²) in [6.07, 6.45) is 2.03. The van der Waals surface area contributed by atoms with Gasteiger partial charge in [-0.25, -0.2) is 9.78 Å². The third kappa shape index (κ3) is 8.78. The van der Waals surface area contributed by atoms with Gasteiger partial charge in [0.05, 0.1) is 60.3 Å². The van der Waals surface area contributed by atoms with Gasteiger partial charge in [-0.1, -0.05) is 23.7 Å². The minimum absolute atomic E-state index is 0.101. The number of benzene rings is 2. The summed E-state index contributed by atoms with van der Waals surface area (Å²) in [6, 6.07) is 13.1. The van der Waals surface area contributed by atoms with Crippen molar-refractivity contribution in [1.29, 1.82) is 10.5 Å². The number of imidazole rings is 1. The number of aromatic nitrogens is 4. The van der Waals surface area contributed by atoms with Gasteiger partial charge in [0.1, 0.15) is 17.9 Å². The molecular weight excluding hydrogens is 722 g/mol. The number of esters is 1. The summed E-state index contributed by atoms with van der Waals surface area (Å²) in [7, 11) is 0.263. The Morgan fingerprint density at radius 2 is 1.92 bits per heavy atom. The zero-order valence-electron chi connectivity index (χ0n) is 26.9. The highest BCUT2D eigenvalue weighted by Crippen LogP contribution is 2.43. The summed E-state index contributed by atoms with van der Waals surface area (Å²) in [4.78, 5) is 55.0. The van der Waals surface area contributed by atoms with Crippen molar-refractivity contribution >= 4 is 68.2 Å². The van der Waals surface area contributed by atoms with E-state index >= 15 is 0 Å². The number of nitriles is 2. The highest BCUT2D eigenvalue weighted by Gasteiger charge is 2.35. The Bertz CT molecular complexity index is 2110. The van der Waals surface area contributed by atoms with Gasteiger partial charge in [-0.05, 0) is 57.6 Å². The Morgan fingerprint density at radius 3 is 2.59 bits per heavy atom. The number of anilines is 4. The van der Waals surface area contributed by atoms with Crippen LogP contribution in [0.2, 0.25) is 5.02 Å². The third-order valence-corrected chi connectivity index (χ3v) is 9.14. The van der Waals surface area contributed by atoms with Crippen LogP contribution in [-0.4, -0.2) is 79.8 Å². The second-order valence-corrected chi connectivity index (χ2v) is 15.1. The van der Waals surface area contributed by atoms with E-state index in [4.69, 9.17) is 25.6 Å². The van der Waals surface area contributed by atoms with Crippen molar-refractivity contribution in [2.45, 2.75) is 43.9 Å². The predicted molar refractivity (Wildman–Crippen MR) is 188 cm³/mol. The molecule has 6 rings (SSSR count). The van der Waals surface area contributed by atoms with E-state index in [0.717, 1.165) is 12.8 Å². The van der Waals surface area contributed by atoms with Crippen molar-refractivity contribution in [2.24, 2.45) is 0 Å². The number of alkyl carbamates (subject to hydrolysis) is 1. The van der Waals surface area contributed by atoms with Crippen molar-refractivity contribution in [3.05, 3.63) is 64.4 Å². The molecule has 0 radical (unpaired) electrons. The number of ether oxygens (including phenoxy) is 2. The molecule has 264 valence electrons. The van der Waals surface area contributed by atoms with E-state index in [1.807, 2.05) is 4.90 Å². The molecule has 2 fully saturated rings. The Kier molecular flexibility index (Phi) is 10.5.